The Kier molecular flexibility index (Phi) is 3.13. The second-order valence-corrected chi connectivity index (χ2v) is 5.78. The Morgan fingerprint density at radius 1 is 1.26 bits per heavy atom. The lowest BCUT2D eigenvalue weighted by atomic mass is 10.0. The third-order valence-electron chi connectivity index (χ3n) is 4.13. The minimum atomic E-state index is 0.101. The van der Waals surface area contributed by atoms with Crippen molar-refractivity contribution in [2.75, 3.05) is 0 Å². The first-order valence-corrected chi connectivity index (χ1v) is 7.06. The zero-order chi connectivity index (χ0) is 13.4. The normalized spacial score (nSPS) is 21.0. The molecule has 19 heavy (non-hydrogen) atoms. The number of rotatable bonds is 4. The van der Waals surface area contributed by atoms with Crippen molar-refractivity contribution in [2.24, 2.45) is 5.92 Å². The number of benzene rings is 1. The summed E-state index contributed by atoms with van der Waals surface area (Å²) in [5, 5.41) is 3.13. The van der Waals surface area contributed by atoms with E-state index in [-0.39, 0.29) is 17.7 Å². The van der Waals surface area contributed by atoms with Crippen molar-refractivity contribution < 1.29 is 9.59 Å². The van der Waals surface area contributed by atoms with Crippen LogP contribution >= 0.6 is 0 Å². The number of aryl methyl sites for hydroxylation is 1. The molecule has 1 saturated carbocycles. The molecule has 0 aromatic heterocycles. The van der Waals surface area contributed by atoms with Gasteiger partial charge in [0.05, 0.1) is 6.04 Å². The van der Waals surface area contributed by atoms with Gasteiger partial charge in [0.1, 0.15) is 0 Å². The van der Waals surface area contributed by atoms with Crippen molar-refractivity contribution in [3.8, 4) is 0 Å². The molecule has 0 bridgehead atoms. The van der Waals surface area contributed by atoms with Crippen LogP contribution in [0.25, 0.3) is 0 Å². The molecule has 0 aliphatic heterocycles. The molecule has 1 amide bonds. The first kappa shape index (κ1) is 12.4. The van der Waals surface area contributed by atoms with Gasteiger partial charge in [-0.2, -0.15) is 0 Å². The number of ketones is 1. The summed E-state index contributed by atoms with van der Waals surface area (Å²) in [5.74, 6) is 0.904. The third kappa shape index (κ3) is 2.70. The van der Waals surface area contributed by atoms with Gasteiger partial charge in [0.2, 0.25) is 5.91 Å². The maximum absolute atomic E-state index is 11.9. The molecule has 1 fully saturated rings. The molecule has 3 nitrogen and oxygen atoms in total. The summed E-state index contributed by atoms with van der Waals surface area (Å²) in [6.07, 6.45) is 4.99. The Morgan fingerprint density at radius 2 is 2.05 bits per heavy atom. The van der Waals surface area contributed by atoms with E-state index < -0.39 is 0 Å². The van der Waals surface area contributed by atoms with Crippen LogP contribution in [0.3, 0.4) is 0 Å². The van der Waals surface area contributed by atoms with E-state index in [2.05, 4.69) is 5.32 Å². The minimum absolute atomic E-state index is 0.101. The number of hydrogen-bond donors (Lipinski definition) is 1. The highest BCUT2D eigenvalue weighted by Crippen LogP contribution is 2.34. The van der Waals surface area contributed by atoms with Gasteiger partial charge in [-0.05, 0) is 55.7 Å². The van der Waals surface area contributed by atoms with Crippen molar-refractivity contribution in [1.82, 2.24) is 5.32 Å². The topological polar surface area (TPSA) is 46.2 Å². The van der Waals surface area contributed by atoms with Gasteiger partial charge in [-0.1, -0.05) is 12.1 Å². The third-order valence-corrected chi connectivity index (χ3v) is 4.13. The van der Waals surface area contributed by atoms with Gasteiger partial charge in [-0.25, -0.2) is 0 Å². The second-order valence-electron chi connectivity index (χ2n) is 5.78. The fourth-order valence-corrected chi connectivity index (χ4v) is 2.82. The van der Waals surface area contributed by atoms with Crippen LogP contribution in [0, 0.1) is 5.92 Å². The molecule has 100 valence electrons. The van der Waals surface area contributed by atoms with E-state index >= 15 is 0 Å². The van der Waals surface area contributed by atoms with Crippen LogP contribution in [0.5, 0.6) is 0 Å². The lowest BCUT2D eigenvalue weighted by molar-refractivity contribution is -0.122. The van der Waals surface area contributed by atoms with Crippen molar-refractivity contribution in [3.63, 3.8) is 0 Å². The van der Waals surface area contributed by atoms with E-state index in [1.165, 1.54) is 24.0 Å². The Labute approximate surface area is 113 Å². The van der Waals surface area contributed by atoms with Crippen LogP contribution in [0.2, 0.25) is 0 Å². The smallest absolute Gasteiger partial charge is 0.220 e. The molecule has 0 spiro atoms. The molecule has 1 atom stereocenters. The molecule has 2 aliphatic rings. The molecule has 0 radical (unpaired) electrons. The zero-order valence-electron chi connectivity index (χ0n) is 11.2. The Hall–Kier alpha value is -1.64. The molecule has 3 rings (SSSR count). The summed E-state index contributed by atoms with van der Waals surface area (Å²) in [4.78, 5) is 23.2. The van der Waals surface area contributed by atoms with E-state index in [4.69, 9.17) is 0 Å². The van der Waals surface area contributed by atoms with Crippen LogP contribution in [0.15, 0.2) is 18.2 Å². The van der Waals surface area contributed by atoms with E-state index in [1.807, 2.05) is 18.2 Å². The number of carbonyl (C=O) groups is 2. The highest BCUT2D eigenvalue weighted by molar-refractivity contribution is 5.94. The van der Waals surface area contributed by atoms with Crippen LogP contribution in [-0.4, -0.2) is 11.7 Å². The predicted molar refractivity (Wildman–Crippen MR) is 73.0 cm³/mol. The van der Waals surface area contributed by atoms with Gasteiger partial charge >= 0.3 is 0 Å². The van der Waals surface area contributed by atoms with Gasteiger partial charge in [0.25, 0.3) is 0 Å². The summed E-state index contributed by atoms with van der Waals surface area (Å²) in [6, 6.07) is 5.99. The van der Waals surface area contributed by atoms with E-state index in [0.29, 0.717) is 12.3 Å². The highest BCUT2D eigenvalue weighted by atomic mass is 16.1. The maximum atomic E-state index is 11.9. The molecule has 1 N–H and O–H groups in total. The number of hydrogen-bond acceptors (Lipinski definition) is 2. The molecule has 0 saturated heterocycles. The van der Waals surface area contributed by atoms with Crippen molar-refractivity contribution in [3.05, 3.63) is 34.9 Å². The fraction of sp³-hybridized carbons (Fsp3) is 0.500. The van der Waals surface area contributed by atoms with Gasteiger partial charge in [0.15, 0.2) is 5.78 Å². The standard InChI is InChI=1S/C16H19NO2/c1-10(18)12-4-6-14-13(9-12)5-7-15(14)17-16(19)8-11-2-3-11/h4,6,9,11,15H,2-3,5,7-8H2,1H3,(H,17,19). The minimum Gasteiger partial charge on any atom is -0.349 e. The Balaban J connectivity index is 1.70. The van der Waals surface area contributed by atoms with Crippen molar-refractivity contribution in [2.45, 2.75) is 45.1 Å². The van der Waals surface area contributed by atoms with Crippen LogP contribution in [0.4, 0.5) is 0 Å². The van der Waals surface area contributed by atoms with E-state index in [1.54, 1.807) is 6.92 Å². The Morgan fingerprint density at radius 3 is 2.74 bits per heavy atom. The average Bonchev–Trinajstić information content (AvgIpc) is 3.09. The Bertz CT molecular complexity index is 532. The summed E-state index contributed by atoms with van der Waals surface area (Å²) < 4.78 is 0. The summed E-state index contributed by atoms with van der Waals surface area (Å²) in [7, 11) is 0. The lowest BCUT2D eigenvalue weighted by Crippen LogP contribution is -2.27. The van der Waals surface area contributed by atoms with Crippen molar-refractivity contribution in [1.29, 1.82) is 0 Å². The molecular weight excluding hydrogens is 238 g/mol. The highest BCUT2D eigenvalue weighted by Gasteiger charge is 2.28. The summed E-state index contributed by atoms with van der Waals surface area (Å²) >= 11 is 0. The summed E-state index contributed by atoms with van der Waals surface area (Å²) in [6.45, 7) is 1.59. The molecular formula is C16H19NO2. The van der Waals surface area contributed by atoms with E-state index in [9.17, 15) is 9.59 Å². The predicted octanol–water partition coefficient (Wildman–Crippen LogP) is 2.79. The summed E-state index contributed by atoms with van der Waals surface area (Å²) in [5.41, 5.74) is 3.17. The van der Waals surface area contributed by atoms with Crippen LogP contribution in [0.1, 0.15) is 60.1 Å². The SMILES string of the molecule is CC(=O)c1ccc2c(c1)CCC2NC(=O)CC1CC1. The number of nitrogens with one attached hydrogen (secondary N) is 1. The quantitative estimate of drug-likeness (QED) is 0.843. The average molecular weight is 257 g/mol. The second kappa shape index (κ2) is 4.80. The number of amides is 1. The van der Waals surface area contributed by atoms with Gasteiger partial charge < -0.3 is 5.32 Å². The van der Waals surface area contributed by atoms with Crippen LogP contribution in [-0.2, 0) is 11.2 Å². The molecule has 1 unspecified atom stereocenters. The van der Waals surface area contributed by atoms with Gasteiger partial charge in [-0.15, -0.1) is 0 Å². The van der Waals surface area contributed by atoms with Crippen molar-refractivity contribution >= 4 is 11.7 Å². The first-order chi connectivity index (χ1) is 9.13. The first-order valence-electron chi connectivity index (χ1n) is 7.06. The lowest BCUT2D eigenvalue weighted by Gasteiger charge is -2.14. The number of fused-ring (bicyclic) bond motifs is 1. The largest absolute Gasteiger partial charge is 0.349 e. The molecule has 1 aromatic carbocycles. The maximum Gasteiger partial charge on any atom is 0.220 e. The zero-order valence-corrected chi connectivity index (χ0v) is 11.2. The monoisotopic (exact) mass is 257 g/mol. The number of Topliss-reactive ketones (excluding diaryl/α,β-unsaturated/α-hetero) is 1. The molecule has 2 aliphatic carbocycles. The van der Waals surface area contributed by atoms with Gasteiger partial charge in [0, 0.05) is 12.0 Å². The van der Waals surface area contributed by atoms with Gasteiger partial charge in [-0.3, -0.25) is 9.59 Å². The molecule has 3 heteroatoms. The molecule has 1 aromatic rings. The fourth-order valence-electron chi connectivity index (χ4n) is 2.82. The van der Waals surface area contributed by atoms with E-state index in [0.717, 1.165) is 18.4 Å². The molecule has 0 heterocycles. The van der Waals surface area contributed by atoms with Crippen LogP contribution < -0.4 is 5.32 Å². The number of carbonyl (C=O) groups excluding carboxylic acids is 2.